The van der Waals surface area contributed by atoms with Crippen LogP contribution in [0.25, 0.3) is 11.3 Å². The highest BCUT2D eigenvalue weighted by atomic mass is 19.4. The molecule has 1 N–H and O–H groups in total. The summed E-state index contributed by atoms with van der Waals surface area (Å²) in [5, 5.41) is 8.95. The van der Waals surface area contributed by atoms with Crippen molar-refractivity contribution in [3.63, 3.8) is 0 Å². The summed E-state index contributed by atoms with van der Waals surface area (Å²) in [6.07, 6.45) is -4.43. The summed E-state index contributed by atoms with van der Waals surface area (Å²) >= 11 is 0. The minimum absolute atomic E-state index is 0.328. The van der Waals surface area contributed by atoms with Gasteiger partial charge < -0.3 is 5.11 Å². The quantitative estimate of drug-likeness (QED) is 0.860. The number of hydrogen-bond donors (Lipinski definition) is 1. The lowest BCUT2D eigenvalue weighted by Crippen LogP contribution is -2.10. The lowest BCUT2D eigenvalue weighted by atomic mass is 10.0. The van der Waals surface area contributed by atoms with E-state index in [0.717, 1.165) is 12.1 Å². The molecule has 21 heavy (non-hydrogen) atoms. The Labute approximate surface area is 114 Å². The Morgan fingerprint density at radius 2 is 1.81 bits per heavy atom. The number of carbonyl (C=O) groups is 1. The fourth-order valence-electron chi connectivity index (χ4n) is 1.68. The minimum Gasteiger partial charge on any atom is -0.478 e. The van der Waals surface area contributed by atoms with E-state index in [1.165, 1.54) is 0 Å². The average Bonchev–Trinajstić information content (AvgIpc) is 2.40. The van der Waals surface area contributed by atoms with Gasteiger partial charge in [-0.3, -0.25) is 4.98 Å². The molecule has 2 rings (SSSR count). The summed E-state index contributed by atoms with van der Waals surface area (Å²) in [5.41, 5.74) is -3.26. The first kappa shape index (κ1) is 14.9. The number of benzene rings is 1. The maximum Gasteiger partial charge on any atom is 0.417 e. The highest BCUT2D eigenvalue weighted by Crippen LogP contribution is 2.32. The molecular weight excluding hydrogens is 297 g/mol. The third-order valence-electron chi connectivity index (χ3n) is 2.63. The number of carboxylic acid groups (broad SMARTS) is 1. The van der Waals surface area contributed by atoms with Crippen LogP contribution >= 0.6 is 0 Å². The number of halogens is 5. The van der Waals surface area contributed by atoms with Crippen LogP contribution in [0.2, 0.25) is 0 Å². The zero-order valence-electron chi connectivity index (χ0n) is 10.1. The Morgan fingerprint density at radius 3 is 2.38 bits per heavy atom. The summed E-state index contributed by atoms with van der Waals surface area (Å²) in [6, 6.07) is 2.52. The predicted molar refractivity (Wildman–Crippen MR) is 61.6 cm³/mol. The molecule has 0 aliphatic rings. The van der Waals surface area contributed by atoms with E-state index in [1.807, 2.05) is 0 Å². The van der Waals surface area contributed by atoms with Gasteiger partial charge in [-0.05, 0) is 24.3 Å². The molecule has 1 aromatic heterocycles. The van der Waals surface area contributed by atoms with Crippen molar-refractivity contribution in [2.75, 3.05) is 0 Å². The Hall–Kier alpha value is -2.51. The van der Waals surface area contributed by atoms with E-state index in [2.05, 4.69) is 4.98 Å². The molecule has 0 saturated heterocycles. The number of pyridine rings is 1. The second-order valence-electron chi connectivity index (χ2n) is 4.05. The summed E-state index contributed by atoms with van der Waals surface area (Å²) in [7, 11) is 0. The first-order valence-corrected chi connectivity index (χ1v) is 5.46. The van der Waals surface area contributed by atoms with Crippen molar-refractivity contribution in [1.82, 2.24) is 4.98 Å². The van der Waals surface area contributed by atoms with Crippen LogP contribution in [0.3, 0.4) is 0 Å². The third kappa shape index (κ3) is 2.99. The van der Waals surface area contributed by atoms with Crippen LogP contribution in [0, 0.1) is 11.6 Å². The molecule has 1 heterocycles. The zero-order valence-corrected chi connectivity index (χ0v) is 10.1. The van der Waals surface area contributed by atoms with E-state index in [0.29, 0.717) is 18.3 Å². The van der Waals surface area contributed by atoms with E-state index in [9.17, 15) is 26.7 Å². The van der Waals surface area contributed by atoms with E-state index in [-0.39, 0.29) is 0 Å². The van der Waals surface area contributed by atoms with E-state index in [1.54, 1.807) is 0 Å². The van der Waals surface area contributed by atoms with Crippen LogP contribution < -0.4 is 0 Å². The summed E-state index contributed by atoms with van der Waals surface area (Å²) < 4.78 is 64.3. The van der Waals surface area contributed by atoms with Crippen LogP contribution in [0.5, 0.6) is 0 Å². The van der Waals surface area contributed by atoms with Gasteiger partial charge in [0.05, 0.1) is 16.8 Å². The molecule has 0 aliphatic heterocycles. The zero-order chi connectivity index (χ0) is 15.8. The lowest BCUT2D eigenvalue weighted by molar-refractivity contribution is -0.137. The molecule has 0 radical (unpaired) electrons. The van der Waals surface area contributed by atoms with Gasteiger partial charge in [0.25, 0.3) is 0 Å². The molecule has 0 unspecified atom stereocenters. The van der Waals surface area contributed by atoms with Crippen LogP contribution in [-0.4, -0.2) is 16.1 Å². The van der Waals surface area contributed by atoms with Gasteiger partial charge in [-0.1, -0.05) is 0 Å². The number of aromatic carboxylic acids is 1. The molecule has 2 aromatic rings. The van der Waals surface area contributed by atoms with Crippen molar-refractivity contribution in [1.29, 1.82) is 0 Å². The number of nitrogens with zero attached hydrogens (tertiary/aromatic N) is 1. The molecule has 3 nitrogen and oxygen atoms in total. The average molecular weight is 303 g/mol. The largest absolute Gasteiger partial charge is 0.478 e. The Bertz CT molecular complexity index is 712. The second-order valence-corrected chi connectivity index (χ2v) is 4.05. The monoisotopic (exact) mass is 303 g/mol. The fourth-order valence-corrected chi connectivity index (χ4v) is 1.68. The van der Waals surface area contributed by atoms with Crippen molar-refractivity contribution in [2.45, 2.75) is 6.18 Å². The van der Waals surface area contributed by atoms with Crippen molar-refractivity contribution in [3.8, 4) is 11.3 Å². The molecule has 110 valence electrons. The van der Waals surface area contributed by atoms with Gasteiger partial charge in [0.2, 0.25) is 0 Å². The Balaban J connectivity index is 2.69. The maximum absolute atomic E-state index is 13.6. The normalized spacial score (nSPS) is 11.5. The predicted octanol–water partition coefficient (Wildman–Crippen LogP) is 3.74. The van der Waals surface area contributed by atoms with E-state index in [4.69, 9.17) is 5.11 Å². The SMILES string of the molecule is O=C(O)c1cc(C(F)(F)F)cnc1-c1cc(F)ccc1F. The van der Waals surface area contributed by atoms with E-state index >= 15 is 0 Å². The van der Waals surface area contributed by atoms with Gasteiger partial charge in [0.1, 0.15) is 11.6 Å². The van der Waals surface area contributed by atoms with Crippen molar-refractivity contribution < 1.29 is 31.9 Å². The molecule has 0 spiro atoms. The summed E-state index contributed by atoms with van der Waals surface area (Å²) in [4.78, 5) is 14.4. The number of aromatic nitrogens is 1. The van der Waals surface area contributed by atoms with Crippen molar-refractivity contribution >= 4 is 5.97 Å². The lowest BCUT2D eigenvalue weighted by Gasteiger charge is -2.11. The smallest absolute Gasteiger partial charge is 0.417 e. The molecular formula is C13H6F5NO2. The number of rotatable bonds is 2. The maximum atomic E-state index is 13.6. The second kappa shape index (κ2) is 5.12. The molecule has 0 aliphatic carbocycles. The number of hydrogen-bond acceptors (Lipinski definition) is 2. The third-order valence-corrected chi connectivity index (χ3v) is 2.63. The number of alkyl halides is 3. The fraction of sp³-hybridized carbons (Fsp3) is 0.0769. The Morgan fingerprint density at radius 1 is 1.14 bits per heavy atom. The topological polar surface area (TPSA) is 50.2 Å². The molecule has 0 amide bonds. The first-order valence-electron chi connectivity index (χ1n) is 5.46. The molecule has 0 bridgehead atoms. The molecule has 0 fully saturated rings. The van der Waals surface area contributed by atoms with Crippen molar-refractivity contribution in [3.05, 3.63) is 53.2 Å². The number of carboxylic acids is 1. The summed E-state index contributed by atoms with van der Waals surface area (Å²) in [5.74, 6) is -3.59. The van der Waals surface area contributed by atoms with E-state index < -0.39 is 46.2 Å². The van der Waals surface area contributed by atoms with Gasteiger partial charge in [-0.15, -0.1) is 0 Å². The Kier molecular flexibility index (Phi) is 3.63. The summed E-state index contributed by atoms with van der Waals surface area (Å²) in [6.45, 7) is 0. The van der Waals surface area contributed by atoms with Gasteiger partial charge in [0, 0.05) is 11.8 Å². The molecule has 0 saturated carbocycles. The molecule has 1 aromatic carbocycles. The van der Waals surface area contributed by atoms with Gasteiger partial charge in [-0.25, -0.2) is 13.6 Å². The van der Waals surface area contributed by atoms with Crippen LogP contribution in [0.15, 0.2) is 30.5 Å². The molecule has 8 heteroatoms. The minimum atomic E-state index is -4.80. The van der Waals surface area contributed by atoms with Crippen LogP contribution in [0.1, 0.15) is 15.9 Å². The standard InChI is InChI=1S/C13H6F5NO2/c14-7-1-2-10(15)8(4-7)11-9(12(20)21)3-6(5-19-11)13(16,17)18/h1-5H,(H,20,21). The van der Waals surface area contributed by atoms with Crippen molar-refractivity contribution in [2.24, 2.45) is 0 Å². The van der Waals surface area contributed by atoms with Gasteiger partial charge in [0.15, 0.2) is 0 Å². The molecule has 0 atom stereocenters. The van der Waals surface area contributed by atoms with Crippen LogP contribution in [-0.2, 0) is 6.18 Å². The van der Waals surface area contributed by atoms with Crippen LogP contribution in [0.4, 0.5) is 22.0 Å². The highest BCUT2D eigenvalue weighted by molar-refractivity contribution is 5.95. The first-order chi connectivity index (χ1) is 9.70. The van der Waals surface area contributed by atoms with Gasteiger partial charge >= 0.3 is 12.1 Å². The highest BCUT2D eigenvalue weighted by Gasteiger charge is 2.33. The van der Waals surface area contributed by atoms with Gasteiger partial charge in [-0.2, -0.15) is 13.2 Å².